The molecule has 1 heterocycles. The van der Waals surface area contributed by atoms with E-state index in [1.165, 1.54) is 0 Å². The van der Waals surface area contributed by atoms with E-state index in [1.807, 2.05) is 18.2 Å². The molecule has 0 unspecified atom stereocenters. The topological polar surface area (TPSA) is 54.7 Å². The van der Waals surface area contributed by atoms with E-state index in [-0.39, 0.29) is 0 Å². The number of imidazole rings is 1. The van der Waals surface area contributed by atoms with Gasteiger partial charge in [0.05, 0.1) is 0 Å². The van der Waals surface area contributed by atoms with Crippen molar-refractivity contribution in [2.75, 3.05) is 6.54 Å². The molecule has 84 valence electrons. The number of rotatable bonds is 4. The fourth-order valence-electron chi connectivity index (χ4n) is 1.37. The second-order valence-electron chi connectivity index (χ2n) is 3.29. The first-order valence-electron chi connectivity index (χ1n) is 4.95. The molecule has 1 aromatic heterocycles. The molecule has 0 radical (unpaired) electrons. The molecule has 1 aromatic carbocycles. The second kappa shape index (κ2) is 5.39. The molecule has 0 fully saturated rings. The standard InChI is InChI=1S/C11H12ClN3S/c12-10-7-9(2-1-8(10)3-4-13)16-11-14-5-6-15-11/h1-2,5-7H,3-4,13H2,(H,14,15). The molecule has 0 aliphatic rings. The summed E-state index contributed by atoms with van der Waals surface area (Å²) < 4.78 is 0. The van der Waals surface area contributed by atoms with Gasteiger partial charge in [-0.3, -0.25) is 0 Å². The van der Waals surface area contributed by atoms with Gasteiger partial charge in [-0.15, -0.1) is 0 Å². The molecule has 0 bridgehead atoms. The molecule has 3 N–H and O–H groups in total. The zero-order valence-electron chi connectivity index (χ0n) is 8.61. The summed E-state index contributed by atoms with van der Waals surface area (Å²) in [6, 6.07) is 5.99. The van der Waals surface area contributed by atoms with Crippen LogP contribution in [0.4, 0.5) is 0 Å². The van der Waals surface area contributed by atoms with E-state index in [1.54, 1.807) is 24.2 Å². The molecule has 0 aliphatic carbocycles. The van der Waals surface area contributed by atoms with Gasteiger partial charge in [0.25, 0.3) is 0 Å². The van der Waals surface area contributed by atoms with Crippen LogP contribution < -0.4 is 5.73 Å². The van der Waals surface area contributed by atoms with Crippen LogP contribution in [0.25, 0.3) is 0 Å². The van der Waals surface area contributed by atoms with Crippen LogP contribution in [0.1, 0.15) is 5.56 Å². The Balaban J connectivity index is 2.15. The Morgan fingerprint density at radius 1 is 1.44 bits per heavy atom. The lowest BCUT2D eigenvalue weighted by Crippen LogP contribution is -2.02. The minimum Gasteiger partial charge on any atom is -0.339 e. The van der Waals surface area contributed by atoms with Gasteiger partial charge in [0.2, 0.25) is 0 Å². The van der Waals surface area contributed by atoms with Crippen LogP contribution >= 0.6 is 23.4 Å². The van der Waals surface area contributed by atoms with Gasteiger partial charge < -0.3 is 10.7 Å². The Morgan fingerprint density at radius 3 is 2.94 bits per heavy atom. The van der Waals surface area contributed by atoms with Crippen LogP contribution in [-0.4, -0.2) is 16.5 Å². The minimum absolute atomic E-state index is 0.615. The number of H-pyrrole nitrogens is 1. The van der Waals surface area contributed by atoms with Gasteiger partial charge in [-0.1, -0.05) is 29.4 Å². The Bertz CT molecular complexity index is 456. The largest absolute Gasteiger partial charge is 0.339 e. The van der Waals surface area contributed by atoms with Gasteiger partial charge in [-0.25, -0.2) is 4.98 Å². The lowest BCUT2D eigenvalue weighted by atomic mass is 10.1. The van der Waals surface area contributed by atoms with Crippen molar-refractivity contribution in [1.82, 2.24) is 9.97 Å². The first kappa shape index (κ1) is 11.5. The molecule has 0 saturated carbocycles. The highest BCUT2D eigenvalue weighted by molar-refractivity contribution is 7.99. The van der Waals surface area contributed by atoms with Crippen LogP contribution in [0.15, 0.2) is 40.6 Å². The van der Waals surface area contributed by atoms with E-state index in [9.17, 15) is 0 Å². The average molecular weight is 254 g/mol. The maximum Gasteiger partial charge on any atom is 0.170 e. The molecule has 0 saturated heterocycles. The molecular weight excluding hydrogens is 242 g/mol. The molecule has 0 aliphatic heterocycles. The summed E-state index contributed by atoms with van der Waals surface area (Å²) >= 11 is 7.70. The monoisotopic (exact) mass is 253 g/mol. The highest BCUT2D eigenvalue weighted by atomic mass is 35.5. The number of aromatic amines is 1. The van der Waals surface area contributed by atoms with Crippen LogP contribution in [0.2, 0.25) is 5.02 Å². The quantitative estimate of drug-likeness (QED) is 0.881. The summed E-state index contributed by atoms with van der Waals surface area (Å²) in [4.78, 5) is 8.25. The zero-order chi connectivity index (χ0) is 11.4. The molecule has 0 atom stereocenters. The molecular formula is C11H12ClN3S. The molecule has 3 nitrogen and oxygen atoms in total. The summed E-state index contributed by atoms with van der Waals surface area (Å²) in [5.74, 6) is 0. The summed E-state index contributed by atoms with van der Waals surface area (Å²) in [5.41, 5.74) is 6.59. The van der Waals surface area contributed by atoms with Gasteiger partial charge in [0.1, 0.15) is 0 Å². The number of halogens is 1. The van der Waals surface area contributed by atoms with Gasteiger partial charge in [0, 0.05) is 22.3 Å². The molecule has 5 heteroatoms. The fraction of sp³-hybridized carbons (Fsp3) is 0.182. The predicted molar refractivity (Wildman–Crippen MR) is 66.9 cm³/mol. The zero-order valence-corrected chi connectivity index (χ0v) is 10.2. The maximum absolute atomic E-state index is 6.15. The number of nitrogens with two attached hydrogens (primary N) is 1. The SMILES string of the molecule is NCCc1ccc(Sc2ncc[nH]2)cc1Cl. The number of benzene rings is 1. The van der Waals surface area contributed by atoms with Crippen molar-refractivity contribution < 1.29 is 0 Å². The first-order valence-corrected chi connectivity index (χ1v) is 6.15. The highest BCUT2D eigenvalue weighted by Gasteiger charge is 2.03. The molecule has 0 amide bonds. The van der Waals surface area contributed by atoms with E-state index in [0.717, 1.165) is 27.1 Å². The molecule has 0 spiro atoms. The van der Waals surface area contributed by atoms with E-state index in [2.05, 4.69) is 9.97 Å². The summed E-state index contributed by atoms with van der Waals surface area (Å²) in [6.07, 6.45) is 4.34. The van der Waals surface area contributed by atoms with Gasteiger partial charge in [-0.2, -0.15) is 0 Å². The molecule has 2 rings (SSSR count). The Kier molecular flexibility index (Phi) is 3.88. The van der Waals surface area contributed by atoms with E-state index in [4.69, 9.17) is 17.3 Å². The van der Waals surface area contributed by atoms with Crippen molar-refractivity contribution in [3.05, 3.63) is 41.2 Å². The van der Waals surface area contributed by atoms with Gasteiger partial charge in [-0.05, 0) is 30.7 Å². The van der Waals surface area contributed by atoms with E-state index < -0.39 is 0 Å². The van der Waals surface area contributed by atoms with Crippen LogP contribution in [-0.2, 0) is 6.42 Å². The van der Waals surface area contributed by atoms with Crippen molar-refractivity contribution in [2.24, 2.45) is 5.73 Å². The Morgan fingerprint density at radius 2 is 2.31 bits per heavy atom. The maximum atomic E-state index is 6.15. The van der Waals surface area contributed by atoms with Crippen molar-refractivity contribution in [2.45, 2.75) is 16.5 Å². The van der Waals surface area contributed by atoms with Gasteiger partial charge >= 0.3 is 0 Å². The van der Waals surface area contributed by atoms with Crippen molar-refractivity contribution in [1.29, 1.82) is 0 Å². The average Bonchev–Trinajstić information content (AvgIpc) is 2.75. The summed E-state index contributed by atoms with van der Waals surface area (Å²) in [7, 11) is 0. The minimum atomic E-state index is 0.615. The third-order valence-corrected chi connectivity index (χ3v) is 3.38. The number of aromatic nitrogens is 2. The lowest BCUT2D eigenvalue weighted by Gasteiger charge is -2.04. The first-order chi connectivity index (χ1) is 7.79. The van der Waals surface area contributed by atoms with Crippen LogP contribution in [0.5, 0.6) is 0 Å². The Labute approximate surface area is 103 Å². The second-order valence-corrected chi connectivity index (χ2v) is 4.76. The number of hydrogen-bond acceptors (Lipinski definition) is 3. The summed E-state index contributed by atoms with van der Waals surface area (Å²) in [5, 5.41) is 1.63. The third kappa shape index (κ3) is 2.78. The van der Waals surface area contributed by atoms with Gasteiger partial charge in [0.15, 0.2) is 5.16 Å². The van der Waals surface area contributed by atoms with Crippen molar-refractivity contribution >= 4 is 23.4 Å². The third-order valence-electron chi connectivity index (χ3n) is 2.13. The van der Waals surface area contributed by atoms with Crippen molar-refractivity contribution in [3.63, 3.8) is 0 Å². The highest BCUT2D eigenvalue weighted by Crippen LogP contribution is 2.28. The van der Waals surface area contributed by atoms with E-state index >= 15 is 0 Å². The summed E-state index contributed by atoms with van der Waals surface area (Å²) in [6.45, 7) is 0.615. The number of nitrogens with one attached hydrogen (secondary N) is 1. The number of hydrogen-bond donors (Lipinski definition) is 2. The number of nitrogens with zero attached hydrogens (tertiary/aromatic N) is 1. The van der Waals surface area contributed by atoms with Crippen molar-refractivity contribution in [3.8, 4) is 0 Å². The van der Waals surface area contributed by atoms with Crippen LogP contribution in [0.3, 0.4) is 0 Å². The molecule has 16 heavy (non-hydrogen) atoms. The fourth-order valence-corrected chi connectivity index (χ4v) is 2.48. The lowest BCUT2D eigenvalue weighted by molar-refractivity contribution is 0.966. The Hall–Kier alpha value is -0.970. The van der Waals surface area contributed by atoms with Crippen LogP contribution in [0, 0.1) is 0 Å². The smallest absolute Gasteiger partial charge is 0.170 e. The molecule has 2 aromatic rings. The predicted octanol–water partition coefficient (Wildman–Crippen LogP) is 2.72. The normalized spacial score (nSPS) is 10.6. The van der Waals surface area contributed by atoms with E-state index in [0.29, 0.717) is 6.54 Å².